The number of benzene rings is 1. The van der Waals surface area contributed by atoms with Crippen LogP contribution in [0.15, 0.2) is 47.3 Å². The molecule has 0 spiro atoms. The van der Waals surface area contributed by atoms with Crippen molar-refractivity contribution in [1.29, 1.82) is 0 Å². The molecule has 1 aromatic heterocycles. The highest BCUT2D eigenvalue weighted by molar-refractivity contribution is 5.89. The van der Waals surface area contributed by atoms with Gasteiger partial charge in [0.15, 0.2) is 12.3 Å². The van der Waals surface area contributed by atoms with E-state index in [4.69, 9.17) is 9.47 Å². The summed E-state index contributed by atoms with van der Waals surface area (Å²) in [6.45, 7) is 2.82. The highest BCUT2D eigenvalue weighted by Gasteiger charge is 2.26. The van der Waals surface area contributed by atoms with Gasteiger partial charge < -0.3 is 14.4 Å². The highest BCUT2D eigenvalue weighted by Crippen LogP contribution is 2.19. The zero-order chi connectivity index (χ0) is 21.3. The third kappa shape index (κ3) is 5.68. The van der Waals surface area contributed by atoms with Gasteiger partial charge >= 0.3 is 5.97 Å². The molecule has 160 valence electrons. The summed E-state index contributed by atoms with van der Waals surface area (Å²) in [7, 11) is 0. The highest BCUT2D eigenvalue weighted by atomic mass is 16.5. The maximum Gasteiger partial charge on any atom is 0.359 e. The van der Waals surface area contributed by atoms with Gasteiger partial charge in [0.25, 0.3) is 11.5 Å². The van der Waals surface area contributed by atoms with E-state index in [2.05, 4.69) is 12.0 Å². The summed E-state index contributed by atoms with van der Waals surface area (Å²) in [5, 5.41) is 4.05. The van der Waals surface area contributed by atoms with Gasteiger partial charge in [-0.25, -0.2) is 9.48 Å². The number of likely N-dealkylation sites (tertiary alicyclic amines) is 1. The van der Waals surface area contributed by atoms with Gasteiger partial charge in [0.2, 0.25) is 0 Å². The lowest BCUT2D eigenvalue weighted by Crippen LogP contribution is -2.45. The molecular weight excluding hydrogens is 386 g/mol. The maximum atomic E-state index is 12.5. The Kier molecular flexibility index (Phi) is 7.59. The number of ether oxygens (including phenoxy) is 2. The van der Waals surface area contributed by atoms with Crippen LogP contribution in [0.3, 0.4) is 0 Å². The first kappa shape index (κ1) is 21.5. The number of para-hydroxylation sites is 1. The van der Waals surface area contributed by atoms with Crippen LogP contribution in [0.25, 0.3) is 0 Å². The van der Waals surface area contributed by atoms with E-state index in [-0.39, 0.29) is 43.0 Å². The Morgan fingerprint density at radius 2 is 1.93 bits per heavy atom. The second-order valence-electron chi connectivity index (χ2n) is 7.16. The van der Waals surface area contributed by atoms with Gasteiger partial charge in [-0.1, -0.05) is 25.1 Å². The molecule has 0 bridgehead atoms. The fraction of sp³-hybridized carbons (Fsp3) is 0.455. The minimum absolute atomic E-state index is 0.0206. The molecule has 8 heteroatoms. The largest absolute Gasteiger partial charge is 0.492 e. The molecule has 2 heterocycles. The van der Waals surface area contributed by atoms with Crippen molar-refractivity contribution in [3.05, 3.63) is 58.5 Å². The van der Waals surface area contributed by atoms with E-state index in [0.29, 0.717) is 12.3 Å². The average Bonchev–Trinajstić information content (AvgIpc) is 2.79. The van der Waals surface area contributed by atoms with Crippen molar-refractivity contribution in [1.82, 2.24) is 14.7 Å². The lowest BCUT2D eigenvalue weighted by molar-refractivity contribution is -0.138. The Hall–Kier alpha value is -3.16. The van der Waals surface area contributed by atoms with Gasteiger partial charge in [-0.3, -0.25) is 9.59 Å². The van der Waals surface area contributed by atoms with Crippen molar-refractivity contribution in [3.8, 4) is 5.75 Å². The van der Waals surface area contributed by atoms with Gasteiger partial charge in [-0.05, 0) is 43.9 Å². The molecule has 1 fully saturated rings. The number of amides is 1. The predicted octanol–water partition coefficient (Wildman–Crippen LogP) is 2.27. The first-order valence-electron chi connectivity index (χ1n) is 10.3. The van der Waals surface area contributed by atoms with E-state index in [0.717, 1.165) is 30.4 Å². The van der Waals surface area contributed by atoms with Crippen molar-refractivity contribution in [2.45, 2.75) is 45.2 Å². The van der Waals surface area contributed by atoms with Crippen LogP contribution >= 0.6 is 0 Å². The van der Waals surface area contributed by atoms with Crippen molar-refractivity contribution < 1.29 is 19.1 Å². The number of carbonyl (C=O) groups excluding carboxylic acids is 2. The standard InChI is InChI=1S/C22H27N3O5/c1-2-17-8-6-7-13-24(17)21(27)16-30-22(28)19-11-12-20(26)25(23-19)14-15-29-18-9-4-3-5-10-18/h3-5,9-12,17H,2,6-8,13-16H2,1H3. The summed E-state index contributed by atoms with van der Waals surface area (Å²) in [6, 6.07) is 12.0. The van der Waals surface area contributed by atoms with Crippen LogP contribution in [0, 0.1) is 0 Å². The molecule has 8 nitrogen and oxygen atoms in total. The third-order valence-corrected chi connectivity index (χ3v) is 5.14. The molecule has 1 aliphatic heterocycles. The first-order valence-corrected chi connectivity index (χ1v) is 10.3. The number of carbonyl (C=O) groups is 2. The van der Waals surface area contributed by atoms with E-state index in [1.54, 1.807) is 4.90 Å². The van der Waals surface area contributed by atoms with E-state index in [1.807, 2.05) is 30.3 Å². The quantitative estimate of drug-likeness (QED) is 0.617. The van der Waals surface area contributed by atoms with Crippen LogP contribution in [-0.4, -0.2) is 52.4 Å². The van der Waals surface area contributed by atoms with Gasteiger partial charge in [0, 0.05) is 18.7 Å². The molecule has 0 aliphatic carbocycles. The number of rotatable bonds is 8. The topological polar surface area (TPSA) is 90.7 Å². The first-order chi connectivity index (χ1) is 14.6. The normalized spacial score (nSPS) is 16.2. The Labute approximate surface area is 175 Å². The number of piperidine rings is 1. The molecule has 1 aliphatic rings. The summed E-state index contributed by atoms with van der Waals surface area (Å²) in [5.41, 5.74) is -0.369. The van der Waals surface area contributed by atoms with Crippen LogP contribution in [0.1, 0.15) is 43.1 Å². The summed E-state index contributed by atoms with van der Waals surface area (Å²) in [5.74, 6) is -0.242. The van der Waals surface area contributed by atoms with Crippen molar-refractivity contribution in [3.63, 3.8) is 0 Å². The molecule has 1 aromatic carbocycles. The monoisotopic (exact) mass is 413 g/mol. The summed E-state index contributed by atoms with van der Waals surface area (Å²) < 4.78 is 11.9. The average molecular weight is 413 g/mol. The van der Waals surface area contributed by atoms with E-state index >= 15 is 0 Å². The van der Waals surface area contributed by atoms with Crippen LogP contribution in [0.5, 0.6) is 5.75 Å². The van der Waals surface area contributed by atoms with E-state index < -0.39 is 5.97 Å². The van der Waals surface area contributed by atoms with Gasteiger partial charge in [-0.15, -0.1) is 0 Å². The summed E-state index contributed by atoms with van der Waals surface area (Å²) in [4.78, 5) is 38.6. The van der Waals surface area contributed by atoms with Crippen molar-refractivity contribution in [2.24, 2.45) is 0 Å². The Morgan fingerprint density at radius 1 is 1.13 bits per heavy atom. The molecule has 1 unspecified atom stereocenters. The van der Waals surface area contributed by atoms with Crippen LogP contribution < -0.4 is 10.3 Å². The molecule has 30 heavy (non-hydrogen) atoms. The minimum atomic E-state index is -0.730. The molecule has 0 N–H and O–H groups in total. The lowest BCUT2D eigenvalue weighted by atomic mass is 10.00. The number of hydrogen-bond acceptors (Lipinski definition) is 6. The van der Waals surface area contributed by atoms with E-state index in [1.165, 1.54) is 12.1 Å². The molecule has 1 atom stereocenters. The van der Waals surface area contributed by atoms with Gasteiger partial charge in [0.05, 0.1) is 6.54 Å². The zero-order valence-electron chi connectivity index (χ0n) is 17.2. The Morgan fingerprint density at radius 3 is 2.70 bits per heavy atom. The zero-order valence-corrected chi connectivity index (χ0v) is 17.2. The SMILES string of the molecule is CCC1CCCCN1C(=O)COC(=O)c1ccc(=O)n(CCOc2ccccc2)n1. The van der Waals surface area contributed by atoms with Gasteiger partial charge in [0.1, 0.15) is 12.4 Å². The third-order valence-electron chi connectivity index (χ3n) is 5.14. The molecule has 1 amide bonds. The van der Waals surface area contributed by atoms with Crippen LogP contribution in [-0.2, 0) is 16.1 Å². The maximum absolute atomic E-state index is 12.5. The second kappa shape index (κ2) is 10.6. The number of hydrogen-bond donors (Lipinski definition) is 0. The molecule has 0 saturated carbocycles. The second-order valence-corrected chi connectivity index (χ2v) is 7.16. The minimum Gasteiger partial charge on any atom is -0.492 e. The summed E-state index contributed by atoms with van der Waals surface area (Å²) >= 11 is 0. The molecule has 3 rings (SSSR count). The molecule has 1 saturated heterocycles. The van der Waals surface area contributed by atoms with Crippen LogP contribution in [0.4, 0.5) is 0 Å². The Balaban J connectivity index is 1.54. The lowest BCUT2D eigenvalue weighted by Gasteiger charge is -2.35. The van der Waals surface area contributed by atoms with E-state index in [9.17, 15) is 14.4 Å². The van der Waals surface area contributed by atoms with Crippen molar-refractivity contribution in [2.75, 3.05) is 19.8 Å². The van der Waals surface area contributed by atoms with Crippen LogP contribution in [0.2, 0.25) is 0 Å². The summed E-state index contributed by atoms with van der Waals surface area (Å²) in [6.07, 6.45) is 3.94. The fourth-order valence-electron chi connectivity index (χ4n) is 3.52. The number of esters is 1. The molecule has 0 radical (unpaired) electrons. The smallest absolute Gasteiger partial charge is 0.359 e. The fourth-order valence-corrected chi connectivity index (χ4v) is 3.52. The Bertz CT molecular complexity index is 912. The van der Waals surface area contributed by atoms with Crippen molar-refractivity contribution >= 4 is 11.9 Å². The number of nitrogens with zero attached hydrogens (tertiary/aromatic N) is 3. The molecule has 2 aromatic rings. The predicted molar refractivity (Wildman–Crippen MR) is 110 cm³/mol. The van der Waals surface area contributed by atoms with Gasteiger partial charge in [-0.2, -0.15) is 5.10 Å². The molecular formula is C22H27N3O5. The number of aromatic nitrogens is 2.